The Balaban J connectivity index is 1.79. The number of hydrogen-bond acceptors (Lipinski definition) is 2. The monoisotopic (exact) mass is 403 g/mol. The molecule has 0 aliphatic rings. The minimum absolute atomic E-state index is 0.226. The van der Waals surface area contributed by atoms with Crippen molar-refractivity contribution < 1.29 is 13.5 Å². The molecule has 0 aliphatic carbocycles. The predicted molar refractivity (Wildman–Crippen MR) is 117 cm³/mol. The summed E-state index contributed by atoms with van der Waals surface area (Å²) in [7, 11) is 0. The fourth-order valence-electron chi connectivity index (χ4n) is 3.31. The summed E-state index contributed by atoms with van der Waals surface area (Å²) < 4.78 is 32.6. The summed E-state index contributed by atoms with van der Waals surface area (Å²) in [5.74, 6) is 0.541. The predicted octanol–water partition coefficient (Wildman–Crippen LogP) is 7.51. The Kier molecular flexibility index (Phi) is 10.7. The number of hydrogen-bond donors (Lipinski definition) is 0. The second-order valence-electron chi connectivity index (χ2n) is 7.73. The molecule has 0 amide bonds. The van der Waals surface area contributed by atoms with Crippen LogP contribution in [0.25, 0.3) is 11.3 Å². The molecule has 2 rings (SSSR count). The van der Waals surface area contributed by atoms with Gasteiger partial charge in [0.25, 0.3) is 0 Å². The van der Waals surface area contributed by atoms with Crippen LogP contribution in [0, 0.1) is 0 Å². The molecule has 0 saturated heterocycles. The van der Waals surface area contributed by atoms with E-state index in [9.17, 15) is 8.78 Å². The van der Waals surface area contributed by atoms with Crippen LogP contribution >= 0.6 is 0 Å². The van der Waals surface area contributed by atoms with Crippen molar-refractivity contribution in [1.82, 2.24) is 4.98 Å². The third-order valence-corrected chi connectivity index (χ3v) is 5.16. The average molecular weight is 404 g/mol. The smallest absolute Gasteiger partial charge is 0.165 e. The maximum absolute atomic E-state index is 13.7. The van der Waals surface area contributed by atoms with Crippen molar-refractivity contribution >= 4 is 0 Å². The lowest BCUT2D eigenvalue weighted by molar-refractivity contribution is 0.103. The maximum atomic E-state index is 13.7. The second-order valence-corrected chi connectivity index (χ2v) is 7.73. The van der Waals surface area contributed by atoms with Gasteiger partial charge in [0.2, 0.25) is 0 Å². The number of nitrogens with zero attached hydrogens (tertiary/aromatic N) is 1. The summed E-state index contributed by atoms with van der Waals surface area (Å²) in [5.41, 5.74) is 3.15. The molecular weight excluding hydrogens is 368 g/mol. The van der Waals surface area contributed by atoms with Crippen molar-refractivity contribution in [3.8, 4) is 17.0 Å². The lowest BCUT2D eigenvalue weighted by Gasteiger charge is -2.14. The molecule has 29 heavy (non-hydrogen) atoms. The Bertz CT molecular complexity index is 672. The number of aromatic nitrogens is 1. The van der Waals surface area contributed by atoms with Gasteiger partial charge in [-0.3, -0.25) is 4.98 Å². The average Bonchev–Trinajstić information content (AvgIpc) is 2.75. The lowest BCUT2D eigenvalue weighted by Crippen LogP contribution is -2.24. The molecule has 2 atom stereocenters. The highest BCUT2D eigenvalue weighted by atomic mass is 19.2. The SMILES string of the molecule is CCCCCCCCc1ccc(-c2ccc(OC[C@H](F)[C@@H](F)CCC)cc2)nc1. The summed E-state index contributed by atoms with van der Waals surface area (Å²) in [6.07, 6.45) is 8.61. The number of alkyl halides is 2. The first-order valence-corrected chi connectivity index (χ1v) is 11.1. The van der Waals surface area contributed by atoms with Gasteiger partial charge in [0.05, 0.1) is 5.69 Å². The van der Waals surface area contributed by atoms with E-state index < -0.39 is 12.3 Å². The van der Waals surface area contributed by atoms with Crippen LogP contribution in [0.1, 0.15) is 70.8 Å². The third-order valence-electron chi connectivity index (χ3n) is 5.16. The molecular formula is C25H35F2NO. The van der Waals surface area contributed by atoms with Crippen molar-refractivity contribution in [1.29, 1.82) is 0 Å². The third kappa shape index (κ3) is 8.51. The molecule has 4 heteroatoms. The first-order chi connectivity index (χ1) is 14.1. The van der Waals surface area contributed by atoms with Crippen LogP contribution in [0.3, 0.4) is 0 Å². The Morgan fingerprint density at radius 2 is 1.55 bits per heavy atom. The van der Waals surface area contributed by atoms with Gasteiger partial charge in [-0.25, -0.2) is 8.78 Å². The van der Waals surface area contributed by atoms with E-state index in [1.54, 1.807) is 12.1 Å². The zero-order valence-electron chi connectivity index (χ0n) is 17.9. The first kappa shape index (κ1) is 23.3. The topological polar surface area (TPSA) is 22.1 Å². The zero-order chi connectivity index (χ0) is 20.9. The van der Waals surface area contributed by atoms with Crippen LogP contribution in [0.15, 0.2) is 42.6 Å². The molecule has 0 aliphatic heterocycles. The Morgan fingerprint density at radius 1 is 0.828 bits per heavy atom. The van der Waals surface area contributed by atoms with E-state index in [-0.39, 0.29) is 13.0 Å². The van der Waals surface area contributed by atoms with Gasteiger partial charge in [0, 0.05) is 11.8 Å². The van der Waals surface area contributed by atoms with Gasteiger partial charge in [0.1, 0.15) is 18.5 Å². The molecule has 0 fully saturated rings. The maximum Gasteiger partial charge on any atom is 0.165 e. The van der Waals surface area contributed by atoms with Crippen LogP contribution in [0.2, 0.25) is 0 Å². The molecule has 2 nitrogen and oxygen atoms in total. The number of ether oxygens (including phenoxy) is 1. The van der Waals surface area contributed by atoms with Gasteiger partial charge in [-0.15, -0.1) is 0 Å². The van der Waals surface area contributed by atoms with E-state index in [1.807, 2.05) is 31.3 Å². The first-order valence-electron chi connectivity index (χ1n) is 11.1. The van der Waals surface area contributed by atoms with Crippen molar-refractivity contribution in [3.63, 3.8) is 0 Å². The fraction of sp³-hybridized carbons (Fsp3) is 0.560. The van der Waals surface area contributed by atoms with Crippen LogP contribution in [-0.4, -0.2) is 23.9 Å². The molecule has 0 unspecified atom stereocenters. The van der Waals surface area contributed by atoms with Gasteiger partial charge in [-0.1, -0.05) is 58.4 Å². The van der Waals surface area contributed by atoms with Crippen LogP contribution in [0.4, 0.5) is 8.78 Å². The highest BCUT2D eigenvalue weighted by molar-refractivity contribution is 5.60. The summed E-state index contributed by atoms with van der Waals surface area (Å²) in [6, 6.07) is 11.5. The molecule has 0 bridgehead atoms. The Hall–Kier alpha value is -1.97. The molecule has 0 saturated carbocycles. The summed E-state index contributed by atoms with van der Waals surface area (Å²) in [4.78, 5) is 4.57. The highest BCUT2D eigenvalue weighted by Crippen LogP contribution is 2.22. The Labute approximate surface area is 174 Å². The summed E-state index contributed by atoms with van der Waals surface area (Å²) >= 11 is 0. The molecule has 2 aromatic rings. The van der Waals surface area contributed by atoms with E-state index in [4.69, 9.17) is 4.74 Å². The molecule has 0 spiro atoms. The van der Waals surface area contributed by atoms with Gasteiger partial charge < -0.3 is 4.74 Å². The number of rotatable bonds is 14. The second kappa shape index (κ2) is 13.3. The normalized spacial score (nSPS) is 13.2. The quantitative estimate of drug-likeness (QED) is 0.305. The van der Waals surface area contributed by atoms with Crippen LogP contribution < -0.4 is 4.74 Å². The van der Waals surface area contributed by atoms with Crippen LogP contribution in [0.5, 0.6) is 5.75 Å². The Morgan fingerprint density at radius 3 is 2.21 bits per heavy atom. The van der Waals surface area contributed by atoms with Gasteiger partial charge in [-0.2, -0.15) is 0 Å². The van der Waals surface area contributed by atoms with Crippen molar-refractivity contribution in [2.24, 2.45) is 0 Å². The summed E-state index contributed by atoms with van der Waals surface area (Å²) in [6.45, 7) is 3.82. The van der Waals surface area contributed by atoms with E-state index >= 15 is 0 Å². The number of unbranched alkanes of at least 4 members (excludes halogenated alkanes) is 5. The molecule has 0 N–H and O–H groups in total. The number of pyridine rings is 1. The van der Waals surface area contributed by atoms with E-state index in [1.165, 1.54) is 44.1 Å². The van der Waals surface area contributed by atoms with E-state index in [0.29, 0.717) is 12.2 Å². The van der Waals surface area contributed by atoms with Crippen LogP contribution in [-0.2, 0) is 6.42 Å². The number of halogens is 2. The largest absolute Gasteiger partial charge is 0.490 e. The molecule has 160 valence electrons. The van der Waals surface area contributed by atoms with Gasteiger partial charge in [-0.05, 0) is 55.2 Å². The molecule has 1 aromatic heterocycles. The van der Waals surface area contributed by atoms with Gasteiger partial charge in [0.15, 0.2) is 6.17 Å². The molecule has 1 aromatic carbocycles. The van der Waals surface area contributed by atoms with Crippen molar-refractivity contribution in [2.45, 2.75) is 84.0 Å². The summed E-state index contributed by atoms with van der Waals surface area (Å²) in [5, 5.41) is 0. The molecule has 0 radical (unpaired) electrons. The van der Waals surface area contributed by atoms with E-state index in [2.05, 4.69) is 18.0 Å². The minimum atomic E-state index is -1.59. The number of benzene rings is 1. The van der Waals surface area contributed by atoms with Crippen molar-refractivity contribution in [3.05, 3.63) is 48.2 Å². The zero-order valence-corrected chi connectivity index (χ0v) is 17.9. The van der Waals surface area contributed by atoms with Crippen molar-refractivity contribution in [2.75, 3.05) is 6.61 Å². The fourth-order valence-corrected chi connectivity index (χ4v) is 3.31. The lowest BCUT2D eigenvalue weighted by atomic mass is 10.1. The van der Waals surface area contributed by atoms with Gasteiger partial charge >= 0.3 is 0 Å². The number of aryl methyl sites for hydroxylation is 1. The van der Waals surface area contributed by atoms with E-state index in [0.717, 1.165) is 17.7 Å². The minimum Gasteiger partial charge on any atom is -0.490 e. The highest BCUT2D eigenvalue weighted by Gasteiger charge is 2.20. The standard InChI is InChI=1S/C25H35F2NO/c1-3-5-6-7-8-9-11-20-12-17-25(28-18-20)21-13-15-22(16-14-21)29-19-24(27)23(26)10-4-2/h12-18,23-24H,3-11,19H2,1-2H3/t23-,24-/m0/s1. The molecule has 1 heterocycles.